The molecule has 1 aromatic rings. The molecule has 3 nitrogen and oxygen atoms in total. The Morgan fingerprint density at radius 1 is 1.41 bits per heavy atom. The van der Waals surface area contributed by atoms with Crippen molar-refractivity contribution in [2.24, 2.45) is 0 Å². The van der Waals surface area contributed by atoms with E-state index in [9.17, 15) is 12.8 Å². The zero-order valence-electron chi connectivity index (χ0n) is 9.70. The van der Waals surface area contributed by atoms with Crippen molar-refractivity contribution >= 4 is 26.0 Å². The zero-order chi connectivity index (χ0) is 13.1. The molecule has 0 aliphatic rings. The van der Waals surface area contributed by atoms with E-state index in [1.807, 2.05) is 0 Å². The molecule has 0 saturated heterocycles. The van der Waals surface area contributed by atoms with Crippen molar-refractivity contribution < 1.29 is 12.8 Å². The van der Waals surface area contributed by atoms with Crippen LogP contribution in [0.2, 0.25) is 0 Å². The summed E-state index contributed by atoms with van der Waals surface area (Å²) in [6.07, 6.45) is 0.640. The lowest BCUT2D eigenvalue weighted by Gasteiger charge is -2.25. The molecule has 17 heavy (non-hydrogen) atoms. The molecule has 0 atom stereocenters. The maximum absolute atomic E-state index is 13.0. The number of hydrogen-bond acceptors (Lipinski definition) is 2. The minimum Gasteiger partial charge on any atom is -0.207 e. The van der Waals surface area contributed by atoms with Gasteiger partial charge in [-0.05, 0) is 38.5 Å². The van der Waals surface area contributed by atoms with Crippen LogP contribution in [0.1, 0.15) is 20.3 Å². The summed E-state index contributed by atoms with van der Waals surface area (Å²) in [5, 5.41) is 0.686. The standard InChI is InChI=1S/C11H15BrFNO2S/c1-11(2,6-7-12)14-17(15,16)10-5-3-4-9(13)8-10/h3-5,8,14H,6-7H2,1-2H3. The lowest BCUT2D eigenvalue weighted by molar-refractivity contribution is 0.443. The number of nitrogens with one attached hydrogen (secondary N) is 1. The molecular weight excluding hydrogens is 309 g/mol. The fourth-order valence-corrected chi connectivity index (χ4v) is 3.81. The molecule has 0 bridgehead atoms. The van der Waals surface area contributed by atoms with Crippen molar-refractivity contribution in [3.05, 3.63) is 30.1 Å². The first-order valence-corrected chi connectivity index (χ1v) is 7.73. The molecule has 1 aromatic carbocycles. The second-order valence-corrected chi connectivity index (χ2v) is 6.86. The van der Waals surface area contributed by atoms with Gasteiger partial charge in [-0.15, -0.1) is 0 Å². The van der Waals surface area contributed by atoms with Gasteiger partial charge in [0.05, 0.1) is 4.90 Å². The van der Waals surface area contributed by atoms with Gasteiger partial charge in [0.15, 0.2) is 0 Å². The maximum Gasteiger partial charge on any atom is 0.241 e. The molecule has 0 radical (unpaired) electrons. The fraction of sp³-hybridized carbons (Fsp3) is 0.455. The van der Waals surface area contributed by atoms with E-state index in [-0.39, 0.29) is 4.90 Å². The normalized spacial score (nSPS) is 12.7. The highest BCUT2D eigenvalue weighted by Gasteiger charge is 2.25. The van der Waals surface area contributed by atoms with Crippen LogP contribution in [-0.2, 0) is 10.0 Å². The average molecular weight is 324 g/mol. The summed E-state index contributed by atoms with van der Waals surface area (Å²) >= 11 is 3.27. The number of benzene rings is 1. The summed E-state index contributed by atoms with van der Waals surface area (Å²) in [4.78, 5) is -0.0554. The Kier molecular flexibility index (Phi) is 4.69. The SMILES string of the molecule is CC(C)(CCBr)NS(=O)(=O)c1cccc(F)c1. The summed E-state index contributed by atoms with van der Waals surface area (Å²) in [5.41, 5.74) is -0.575. The van der Waals surface area contributed by atoms with E-state index >= 15 is 0 Å². The Hall–Kier alpha value is -0.460. The van der Waals surface area contributed by atoms with Crippen molar-refractivity contribution in [3.8, 4) is 0 Å². The van der Waals surface area contributed by atoms with Gasteiger partial charge in [0.25, 0.3) is 0 Å². The molecule has 96 valence electrons. The van der Waals surface area contributed by atoms with Gasteiger partial charge < -0.3 is 0 Å². The summed E-state index contributed by atoms with van der Waals surface area (Å²) in [6.45, 7) is 3.57. The first kappa shape index (κ1) is 14.6. The number of sulfonamides is 1. The van der Waals surface area contributed by atoms with Crippen LogP contribution in [0.15, 0.2) is 29.2 Å². The van der Waals surface area contributed by atoms with Crippen LogP contribution < -0.4 is 4.72 Å². The maximum atomic E-state index is 13.0. The van der Waals surface area contributed by atoms with E-state index in [1.165, 1.54) is 18.2 Å². The third kappa shape index (κ3) is 4.37. The Morgan fingerprint density at radius 2 is 2.06 bits per heavy atom. The van der Waals surface area contributed by atoms with E-state index in [4.69, 9.17) is 0 Å². The summed E-state index contributed by atoms with van der Waals surface area (Å²) < 4.78 is 39.5. The van der Waals surface area contributed by atoms with Crippen LogP contribution in [0.4, 0.5) is 4.39 Å². The third-order valence-corrected chi connectivity index (χ3v) is 4.33. The number of halogens is 2. The third-order valence-electron chi connectivity index (χ3n) is 2.24. The Morgan fingerprint density at radius 3 is 2.59 bits per heavy atom. The van der Waals surface area contributed by atoms with Gasteiger partial charge in [-0.1, -0.05) is 22.0 Å². The van der Waals surface area contributed by atoms with Gasteiger partial charge in [-0.3, -0.25) is 0 Å². The molecule has 0 fully saturated rings. The highest BCUT2D eigenvalue weighted by atomic mass is 79.9. The molecule has 6 heteroatoms. The Balaban J connectivity index is 2.97. The number of alkyl halides is 1. The molecule has 1 N–H and O–H groups in total. The van der Waals surface area contributed by atoms with Gasteiger partial charge >= 0.3 is 0 Å². The minimum atomic E-state index is -3.67. The van der Waals surface area contributed by atoms with Gasteiger partial charge in [-0.2, -0.15) is 0 Å². The molecule has 0 heterocycles. The molecule has 0 unspecified atom stereocenters. The smallest absolute Gasteiger partial charge is 0.207 e. The summed E-state index contributed by atoms with van der Waals surface area (Å²) in [6, 6.07) is 4.96. The van der Waals surface area contributed by atoms with Crippen LogP contribution >= 0.6 is 15.9 Å². The summed E-state index contributed by atoms with van der Waals surface area (Å²) in [5.74, 6) is -0.564. The molecule has 1 rings (SSSR count). The molecule has 0 aromatic heterocycles. The largest absolute Gasteiger partial charge is 0.241 e. The lowest BCUT2D eigenvalue weighted by Crippen LogP contribution is -2.43. The van der Waals surface area contributed by atoms with E-state index in [2.05, 4.69) is 20.7 Å². The predicted octanol–water partition coefficient (Wildman–Crippen LogP) is 2.67. The van der Waals surface area contributed by atoms with Crippen molar-refractivity contribution in [1.29, 1.82) is 0 Å². The molecule has 0 saturated carbocycles. The quantitative estimate of drug-likeness (QED) is 0.847. The van der Waals surface area contributed by atoms with Crippen LogP contribution in [0.25, 0.3) is 0 Å². The Bertz CT molecular complexity index is 488. The van der Waals surface area contributed by atoms with E-state index in [0.29, 0.717) is 11.8 Å². The van der Waals surface area contributed by atoms with E-state index < -0.39 is 21.4 Å². The first-order valence-electron chi connectivity index (χ1n) is 5.12. The van der Waals surface area contributed by atoms with Gasteiger partial charge in [0.2, 0.25) is 10.0 Å². The molecule has 0 aliphatic heterocycles. The molecule has 0 amide bonds. The fourth-order valence-electron chi connectivity index (χ4n) is 1.34. The topological polar surface area (TPSA) is 46.2 Å². The summed E-state index contributed by atoms with van der Waals surface area (Å²) in [7, 11) is -3.67. The second kappa shape index (κ2) is 5.46. The highest BCUT2D eigenvalue weighted by Crippen LogP contribution is 2.17. The zero-order valence-corrected chi connectivity index (χ0v) is 12.1. The molecule has 0 spiro atoms. The number of hydrogen-bond donors (Lipinski definition) is 1. The van der Waals surface area contributed by atoms with E-state index in [1.54, 1.807) is 13.8 Å². The average Bonchev–Trinajstić information content (AvgIpc) is 2.15. The van der Waals surface area contributed by atoms with Crippen molar-refractivity contribution in [2.75, 3.05) is 5.33 Å². The second-order valence-electron chi connectivity index (χ2n) is 4.39. The van der Waals surface area contributed by atoms with Crippen LogP contribution in [0, 0.1) is 5.82 Å². The predicted molar refractivity (Wildman–Crippen MR) is 69.2 cm³/mol. The van der Waals surface area contributed by atoms with Crippen LogP contribution in [0.5, 0.6) is 0 Å². The van der Waals surface area contributed by atoms with Crippen molar-refractivity contribution in [3.63, 3.8) is 0 Å². The minimum absolute atomic E-state index is 0.0554. The van der Waals surface area contributed by atoms with Crippen molar-refractivity contribution in [2.45, 2.75) is 30.7 Å². The van der Waals surface area contributed by atoms with Crippen molar-refractivity contribution in [1.82, 2.24) is 4.72 Å². The Labute approximate surface area is 110 Å². The van der Waals surface area contributed by atoms with Gasteiger partial charge in [0, 0.05) is 10.9 Å². The monoisotopic (exact) mass is 323 g/mol. The van der Waals surface area contributed by atoms with E-state index in [0.717, 1.165) is 6.07 Å². The van der Waals surface area contributed by atoms with Gasteiger partial charge in [-0.25, -0.2) is 17.5 Å². The first-order chi connectivity index (χ1) is 7.77. The molecule has 0 aliphatic carbocycles. The highest BCUT2D eigenvalue weighted by molar-refractivity contribution is 9.09. The number of rotatable bonds is 5. The van der Waals surface area contributed by atoms with Crippen LogP contribution in [-0.4, -0.2) is 19.3 Å². The van der Waals surface area contributed by atoms with Gasteiger partial charge in [0.1, 0.15) is 5.82 Å². The van der Waals surface area contributed by atoms with Crippen LogP contribution in [0.3, 0.4) is 0 Å². The lowest BCUT2D eigenvalue weighted by atomic mass is 10.0. The molecular formula is C11H15BrFNO2S.